The van der Waals surface area contributed by atoms with Gasteiger partial charge < -0.3 is 5.32 Å². The molecule has 2 rings (SSSR count). The summed E-state index contributed by atoms with van der Waals surface area (Å²) >= 11 is 3.63. The lowest BCUT2D eigenvalue weighted by atomic mass is 9.87. The van der Waals surface area contributed by atoms with Gasteiger partial charge in [0, 0.05) is 16.6 Å². The normalized spacial score (nSPS) is 26.8. The Morgan fingerprint density at radius 3 is 2.47 bits per heavy atom. The van der Waals surface area contributed by atoms with Gasteiger partial charge in [-0.15, -0.1) is 0 Å². The molecule has 0 radical (unpaired) electrons. The van der Waals surface area contributed by atoms with Gasteiger partial charge in [0.1, 0.15) is 0 Å². The quantitative estimate of drug-likeness (QED) is 0.854. The second kappa shape index (κ2) is 6.01. The van der Waals surface area contributed by atoms with E-state index in [2.05, 4.69) is 59.4 Å². The highest BCUT2D eigenvalue weighted by Gasteiger charge is 2.20. The number of nitrogens with one attached hydrogen (secondary N) is 1. The molecule has 1 aliphatic carbocycles. The van der Waals surface area contributed by atoms with Crippen LogP contribution in [0.5, 0.6) is 0 Å². The number of halogens is 1. The van der Waals surface area contributed by atoms with E-state index in [4.69, 9.17) is 0 Å². The van der Waals surface area contributed by atoms with Crippen LogP contribution in [0.25, 0.3) is 0 Å². The summed E-state index contributed by atoms with van der Waals surface area (Å²) in [5, 5.41) is 3.77. The molecule has 1 aromatic carbocycles. The number of hydrogen-bond acceptors (Lipinski definition) is 1. The maximum Gasteiger partial charge on any atom is 0.0305 e. The van der Waals surface area contributed by atoms with E-state index in [1.165, 1.54) is 35.7 Å². The van der Waals surface area contributed by atoms with E-state index in [9.17, 15) is 0 Å². The molecule has 17 heavy (non-hydrogen) atoms. The molecule has 1 aromatic rings. The Labute approximate surface area is 113 Å². The predicted octanol–water partition coefficient (Wildman–Crippen LogP) is 4.68. The Morgan fingerprint density at radius 2 is 1.82 bits per heavy atom. The standard InChI is InChI=1S/C15H22BrN/c1-11-7-9-13(10-8-11)17-12(2)14-5-3-4-6-15(14)16/h3-6,11-13,17H,7-10H2,1-2H3/t11?,12-,13?/m0/s1. The van der Waals surface area contributed by atoms with Crippen molar-refractivity contribution in [3.05, 3.63) is 34.3 Å². The Morgan fingerprint density at radius 1 is 1.18 bits per heavy atom. The summed E-state index contributed by atoms with van der Waals surface area (Å²) in [5.41, 5.74) is 1.37. The maximum atomic E-state index is 3.77. The fourth-order valence-corrected chi connectivity index (χ4v) is 3.32. The van der Waals surface area contributed by atoms with Crippen LogP contribution in [0.2, 0.25) is 0 Å². The molecule has 1 nitrogen and oxygen atoms in total. The summed E-state index contributed by atoms with van der Waals surface area (Å²) < 4.78 is 1.21. The van der Waals surface area contributed by atoms with E-state index in [0.29, 0.717) is 12.1 Å². The van der Waals surface area contributed by atoms with Gasteiger partial charge in [-0.3, -0.25) is 0 Å². The molecule has 1 N–H and O–H groups in total. The minimum absolute atomic E-state index is 0.434. The second-order valence-corrected chi connectivity index (χ2v) is 6.22. The van der Waals surface area contributed by atoms with E-state index in [1.807, 2.05) is 0 Å². The molecule has 1 saturated carbocycles. The van der Waals surface area contributed by atoms with Crippen molar-refractivity contribution in [2.75, 3.05) is 0 Å². The van der Waals surface area contributed by atoms with Crippen LogP contribution in [-0.4, -0.2) is 6.04 Å². The van der Waals surface area contributed by atoms with Gasteiger partial charge in [-0.25, -0.2) is 0 Å². The minimum Gasteiger partial charge on any atom is -0.307 e. The fraction of sp³-hybridized carbons (Fsp3) is 0.600. The van der Waals surface area contributed by atoms with Crippen molar-refractivity contribution in [1.29, 1.82) is 0 Å². The fourth-order valence-electron chi connectivity index (χ4n) is 2.70. The second-order valence-electron chi connectivity index (χ2n) is 5.37. The lowest BCUT2D eigenvalue weighted by Gasteiger charge is -2.30. The van der Waals surface area contributed by atoms with E-state index in [-0.39, 0.29) is 0 Å². The third kappa shape index (κ3) is 3.56. The van der Waals surface area contributed by atoms with Crippen LogP contribution in [0.1, 0.15) is 51.1 Å². The van der Waals surface area contributed by atoms with E-state index in [1.54, 1.807) is 0 Å². The minimum atomic E-state index is 0.434. The van der Waals surface area contributed by atoms with Crippen LogP contribution >= 0.6 is 15.9 Å². The molecular formula is C15H22BrN. The van der Waals surface area contributed by atoms with Crippen molar-refractivity contribution < 1.29 is 0 Å². The molecule has 1 fully saturated rings. The summed E-state index contributed by atoms with van der Waals surface area (Å²) in [6.07, 6.45) is 5.41. The SMILES string of the molecule is CC1CCC(N[C@@H](C)c2ccccc2Br)CC1. The third-order valence-corrected chi connectivity index (χ3v) is 4.60. The first-order chi connectivity index (χ1) is 8.16. The van der Waals surface area contributed by atoms with E-state index < -0.39 is 0 Å². The smallest absolute Gasteiger partial charge is 0.0305 e. The Bertz CT molecular complexity index is 356. The summed E-state index contributed by atoms with van der Waals surface area (Å²) in [7, 11) is 0. The van der Waals surface area contributed by atoms with Crippen LogP contribution in [0.3, 0.4) is 0 Å². The van der Waals surface area contributed by atoms with Crippen molar-refractivity contribution in [3.63, 3.8) is 0 Å². The zero-order valence-electron chi connectivity index (χ0n) is 10.7. The molecule has 2 heteroatoms. The van der Waals surface area contributed by atoms with E-state index in [0.717, 1.165) is 5.92 Å². The molecule has 0 aromatic heterocycles. The van der Waals surface area contributed by atoms with Gasteiger partial charge in [0.05, 0.1) is 0 Å². The highest BCUT2D eigenvalue weighted by molar-refractivity contribution is 9.10. The zero-order chi connectivity index (χ0) is 12.3. The number of rotatable bonds is 3. The van der Waals surface area contributed by atoms with E-state index >= 15 is 0 Å². The lowest BCUT2D eigenvalue weighted by molar-refractivity contribution is 0.291. The van der Waals surface area contributed by atoms with Gasteiger partial charge in [-0.2, -0.15) is 0 Å². The molecule has 1 atom stereocenters. The average molecular weight is 296 g/mol. The van der Waals surface area contributed by atoms with Crippen LogP contribution < -0.4 is 5.32 Å². The van der Waals surface area contributed by atoms with Crippen LogP contribution in [-0.2, 0) is 0 Å². The van der Waals surface area contributed by atoms with Crippen LogP contribution in [0.15, 0.2) is 28.7 Å². The molecule has 1 aliphatic rings. The molecule has 0 heterocycles. The number of hydrogen-bond donors (Lipinski definition) is 1. The first-order valence-corrected chi connectivity index (χ1v) is 7.46. The Balaban J connectivity index is 1.93. The first kappa shape index (κ1) is 13.1. The Hall–Kier alpha value is -0.340. The van der Waals surface area contributed by atoms with Crippen molar-refractivity contribution >= 4 is 15.9 Å². The Kier molecular flexibility index (Phi) is 4.63. The van der Waals surface area contributed by atoms with Crippen molar-refractivity contribution in [2.45, 2.75) is 51.6 Å². The first-order valence-electron chi connectivity index (χ1n) is 6.67. The van der Waals surface area contributed by atoms with Crippen molar-refractivity contribution in [2.24, 2.45) is 5.92 Å². The van der Waals surface area contributed by atoms with Crippen molar-refractivity contribution in [1.82, 2.24) is 5.32 Å². The van der Waals surface area contributed by atoms with Gasteiger partial charge in [0.2, 0.25) is 0 Å². The molecule has 0 amide bonds. The zero-order valence-corrected chi connectivity index (χ0v) is 12.3. The molecule has 0 aliphatic heterocycles. The lowest BCUT2D eigenvalue weighted by Crippen LogP contribution is -2.34. The highest BCUT2D eigenvalue weighted by Crippen LogP contribution is 2.27. The molecule has 0 spiro atoms. The average Bonchev–Trinajstić information content (AvgIpc) is 2.32. The summed E-state index contributed by atoms with van der Waals surface area (Å²) in [4.78, 5) is 0. The summed E-state index contributed by atoms with van der Waals surface area (Å²) in [6.45, 7) is 4.63. The molecule has 0 bridgehead atoms. The highest BCUT2D eigenvalue weighted by atomic mass is 79.9. The van der Waals surface area contributed by atoms with Gasteiger partial charge in [-0.05, 0) is 50.2 Å². The maximum absolute atomic E-state index is 3.77. The molecule has 0 unspecified atom stereocenters. The topological polar surface area (TPSA) is 12.0 Å². The molecule has 94 valence electrons. The molecular weight excluding hydrogens is 274 g/mol. The van der Waals surface area contributed by atoms with Gasteiger partial charge in [0.25, 0.3) is 0 Å². The van der Waals surface area contributed by atoms with Gasteiger partial charge in [0.15, 0.2) is 0 Å². The van der Waals surface area contributed by atoms with Gasteiger partial charge in [-0.1, -0.05) is 41.1 Å². The van der Waals surface area contributed by atoms with Gasteiger partial charge >= 0.3 is 0 Å². The summed E-state index contributed by atoms with van der Waals surface area (Å²) in [5.74, 6) is 0.923. The molecule has 0 saturated heterocycles. The third-order valence-electron chi connectivity index (χ3n) is 3.87. The number of benzene rings is 1. The predicted molar refractivity (Wildman–Crippen MR) is 77.1 cm³/mol. The van der Waals surface area contributed by atoms with Crippen LogP contribution in [0.4, 0.5) is 0 Å². The largest absolute Gasteiger partial charge is 0.307 e. The van der Waals surface area contributed by atoms with Crippen LogP contribution in [0, 0.1) is 5.92 Å². The monoisotopic (exact) mass is 295 g/mol. The van der Waals surface area contributed by atoms with Crippen molar-refractivity contribution in [3.8, 4) is 0 Å². The summed E-state index contributed by atoms with van der Waals surface area (Å²) in [6, 6.07) is 9.64.